The molecule has 0 heterocycles. The molecule has 0 bridgehead atoms. The second kappa shape index (κ2) is 6.28. The third-order valence-electron chi connectivity index (χ3n) is 4.73. The van der Waals surface area contributed by atoms with Crippen LogP contribution in [0.5, 0.6) is 0 Å². The monoisotopic (exact) mass is 280 g/mol. The van der Waals surface area contributed by atoms with E-state index in [0.717, 1.165) is 23.3 Å². The number of hydrogen-bond acceptors (Lipinski definition) is 1. The molecule has 0 spiro atoms. The number of halogens is 1. The molecule has 0 N–H and O–H groups in total. The summed E-state index contributed by atoms with van der Waals surface area (Å²) >= 11 is 6.08. The maximum atomic E-state index is 6.08. The first-order valence-electron chi connectivity index (χ1n) is 7.34. The van der Waals surface area contributed by atoms with Gasteiger partial charge in [0.2, 0.25) is 0 Å². The molecule has 1 nitrogen and oxygen atoms in total. The minimum atomic E-state index is 0.0239. The Kier molecular flexibility index (Phi) is 4.92. The summed E-state index contributed by atoms with van der Waals surface area (Å²) in [5, 5.41) is 0.819. The van der Waals surface area contributed by atoms with Gasteiger partial charge in [0.15, 0.2) is 0 Å². The molecular formula is C17H25ClO. The molecule has 1 fully saturated rings. The predicted octanol–water partition coefficient (Wildman–Crippen LogP) is 5.11. The van der Waals surface area contributed by atoms with Crippen molar-refractivity contribution in [3.8, 4) is 0 Å². The van der Waals surface area contributed by atoms with Gasteiger partial charge in [-0.15, -0.1) is 0 Å². The first kappa shape index (κ1) is 14.9. The molecule has 0 aromatic heterocycles. The summed E-state index contributed by atoms with van der Waals surface area (Å²) in [5.74, 6) is 1.66. The molecule has 1 aliphatic rings. The number of benzene rings is 1. The van der Waals surface area contributed by atoms with Crippen molar-refractivity contribution in [2.45, 2.75) is 51.6 Å². The highest BCUT2D eigenvalue weighted by Gasteiger charge is 2.36. The molecule has 106 valence electrons. The van der Waals surface area contributed by atoms with Crippen LogP contribution in [0.2, 0.25) is 5.02 Å². The smallest absolute Gasteiger partial charge is 0.0719 e. The van der Waals surface area contributed by atoms with Gasteiger partial charge in [-0.3, -0.25) is 0 Å². The average molecular weight is 281 g/mol. The zero-order chi connectivity index (χ0) is 13.9. The van der Waals surface area contributed by atoms with Crippen molar-refractivity contribution in [3.63, 3.8) is 0 Å². The third kappa shape index (κ3) is 3.73. The van der Waals surface area contributed by atoms with Gasteiger partial charge in [0, 0.05) is 18.6 Å². The lowest BCUT2D eigenvalue weighted by Gasteiger charge is -2.40. The van der Waals surface area contributed by atoms with Gasteiger partial charge in [0.05, 0.1) is 5.60 Å². The Hall–Kier alpha value is -0.530. The Bertz CT molecular complexity index is 405. The van der Waals surface area contributed by atoms with Crippen molar-refractivity contribution >= 4 is 11.6 Å². The van der Waals surface area contributed by atoms with E-state index in [-0.39, 0.29) is 5.60 Å². The van der Waals surface area contributed by atoms with Crippen LogP contribution < -0.4 is 0 Å². The molecule has 19 heavy (non-hydrogen) atoms. The van der Waals surface area contributed by atoms with E-state index in [2.05, 4.69) is 26.0 Å². The van der Waals surface area contributed by atoms with Crippen LogP contribution in [0.1, 0.15) is 45.1 Å². The van der Waals surface area contributed by atoms with Crippen LogP contribution in [0.25, 0.3) is 0 Å². The van der Waals surface area contributed by atoms with E-state index in [0.29, 0.717) is 0 Å². The Balaban J connectivity index is 2.04. The molecule has 0 saturated heterocycles. The molecule has 1 aliphatic carbocycles. The van der Waals surface area contributed by atoms with Gasteiger partial charge >= 0.3 is 0 Å². The second-order valence-corrected chi connectivity index (χ2v) is 6.71. The standard InChI is InChI=1S/C17H25ClO/c1-13(2)15-7-9-17(19-3,10-8-15)12-14-5-4-6-16(18)11-14/h4-6,11,13,15H,7-10,12H2,1-3H3. The summed E-state index contributed by atoms with van der Waals surface area (Å²) in [7, 11) is 1.86. The molecule has 0 atom stereocenters. The minimum absolute atomic E-state index is 0.0239. The first-order valence-corrected chi connectivity index (χ1v) is 7.72. The SMILES string of the molecule is COC1(Cc2cccc(Cl)c2)CCC(C(C)C)CC1. The zero-order valence-corrected chi connectivity index (χ0v) is 13.0. The second-order valence-electron chi connectivity index (χ2n) is 6.28. The van der Waals surface area contributed by atoms with Crippen LogP contribution >= 0.6 is 11.6 Å². The van der Waals surface area contributed by atoms with Crippen molar-refractivity contribution in [2.75, 3.05) is 7.11 Å². The van der Waals surface area contributed by atoms with Crippen molar-refractivity contribution in [1.82, 2.24) is 0 Å². The Labute approximate surface area is 122 Å². The number of rotatable bonds is 4. The fraction of sp³-hybridized carbons (Fsp3) is 0.647. The summed E-state index contributed by atoms with van der Waals surface area (Å²) in [6.07, 6.45) is 5.88. The molecule has 1 aromatic rings. The third-order valence-corrected chi connectivity index (χ3v) is 4.97. The van der Waals surface area contributed by atoms with Gasteiger partial charge in [-0.1, -0.05) is 37.6 Å². The highest BCUT2D eigenvalue weighted by molar-refractivity contribution is 6.30. The van der Waals surface area contributed by atoms with Gasteiger partial charge in [-0.25, -0.2) is 0 Å². The predicted molar refractivity (Wildman–Crippen MR) is 81.7 cm³/mol. The van der Waals surface area contributed by atoms with Gasteiger partial charge in [0.25, 0.3) is 0 Å². The number of ether oxygens (including phenoxy) is 1. The summed E-state index contributed by atoms with van der Waals surface area (Å²) in [6, 6.07) is 8.18. The lowest BCUT2D eigenvalue weighted by atomic mass is 9.72. The van der Waals surface area contributed by atoms with E-state index in [1.54, 1.807) is 0 Å². The summed E-state index contributed by atoms with van der Waals surface area (Å²) < 4.78 is 5.91. The largest absolute Gasteiger partial charge is 0.378 e. The van der Waals surface area contributed by atoms with Crippen LogP contribution in [0, 0.1) is 11.8 Å². The van der Waals surface area contributed by atoms with Crippen molar-refractivity contribution < 1.29 is 4.74 Å². The topological polar surface area (TPSA) is 9.23 Å². The molecule has 1 saturated carbocycles. The molecule has 0 aliphatic heterocycles. The number of hydrogen-bond donors (Lipinski definition) is 0. The van der Waals surface area contributed by atoms with Gasteiger partial charge in [0.1, 0.15) is 0 Å². The highest BCUT2D eigenvalue weighted by Crippen LogP contribution is 2.39. The molecule has 0 unspecified atom stereocenters. The molecule has 0 amide bonds. The van der Waals surface area contributed by atoms with E-state index in [1.165, 1.54) is 31.2 Å². The summed E-state index contributed by atoms with van der Waals surface area (Å²) in [5.41, 5.74) is 1.31. The van der Waals surface area contributed by atoms with Crippen LogP contribution in [-0.2, 0) is 11.2 Å². The molecule has 2 rings (SSSR count). The van der Waals surface area contributed by atoms with Crippen LogP contribution in [0.15, 0.2) is 24.3 Å². The fourth-order valence-corrected chi connectivity index (χ4v) is 3.52. The van der Waals surface area contributed by atoms with Gasteiger partial charge in [-0.2, -0.15) is 0 Å². The lowest BCUT2D eigenvalue weighted by Crippen LogP contribution is -2.39. The summed E-state index contributed by atoms with van der Waals surface area (Å²) in [4.78, 5) is 0. The zero-order valence-electron chi connectivity index (χ0n) is 12.3. The van der Waals surface area contributed by atoms with Crippen LogP contribution in [0.4, 0.5) is 0 Å². The summed E-state index contributed by atoms with van der Waals surface area (Å²) in [6.45, 7) is 4.67. The quantitative estimate of drug-likeness (QED) is 0.744. The Morgan fingerprint density at radius 3 is 2.53 bits per heavy atom. The van der Waals surface area contributed by atoms with E-state index in [1.807, 2.05) is 19.2 Å². The van der Waals surface area contributed by atoms with Crippen molar-refractivity contribution in [3.05, 3.63) is 34.9 Å². The van der Waals surface area contributed by atoms with Crippen LogP contribution in [0.3, 0.4) is 0 Å². The molecular weight excluding hydrogens is 256 g/mol. The number of methoxy groups -OCH3 is 1. The highest BCUT2D eigenvalue weighted by atomic mass is 35.5. The van der Waals surface area contributed by atoms with E-state index in [9.17, 15) is 0 Å². The molecule has 1 aromatic carbocycles. The van der Waals surface area contributed by atoms with E-state index in [4.69, 9.17) is 16.3 Å². The Morgan fingerprint density at radius 1 is 1.32 bits per heavy atom. The van der Waals surface area contributed by atoms with E-state index >= 15 is 0 Å². The molecule has 2 heteroatoms. The lowest BCUT2D eigenvalue weighted by molar-refractivity contribution is -0.0525. The average Bonchev–Trinajstić information content (AvgIpc) is 2.39. The maximum Gasteiger partial charge on any atom is 0.0719 e. The molecule has 0 radical (unpaired) electrons. The Morgan fingerprint density at radius 2 is 2.00 bits per heavy atom. The fourth-order valence-electron chi connectivity index (χ4n) is 3.30. The van der Waals surface area contributed by atoms with E-state index < -0.39 is 0 Å². The van der Waals surface area contributed by atoms with Gasteiger partial charge < -0.3 is 4.74 Å². The van der Waals surface area contributed by atoms with Gasteiger partial charge in [-0.05, 0) is 55.2 Å². The van der Waals surface area contributed by atoms with Crippen LogP contribution in [-0.4, -0.2) is 12.7 Å². The first-order chi connectivity index (χ1) is 9.04. The van der Waals surface area contributed by atoms with Crippen molar-refractivity contribution in [2.24, 2.45) is 11.8 Å². The minimum Gasteiger partial charge on any atom is -0.378 e. The van der Waals surface area contributed by atoms with Crippen molar-refractivity contribution in [1.29, 1.82) is 0 Å². The normalized spacial score (nSPS) is 27.7. The maximum absolute atomic E-state index is 6.08.